The first-order valence-electron chi connectivity index (χ1n) is 6.65. The molecule has 0 atom stereocenters. The molecule has 0 saturated heterocycles. The number of nitrogens with zero attached hydrogens (tertiary/aromatic N) is 1. The molecule has 1 N–H and O–H groups in total. The van der Waals surface area contributed by atoms with Gasteiger partial charge in [0, 0.05) is 24.0 Å². The van der Waals surface area contributed by atoms with Crippen LogP contribution in [0.2, 0.25) is 0 Å². The second-order valence-electron chi connectivity index (χ2n) is 4.95. The molecular formula is C14H18ClF3N2O. The van der Waals surface area contributed by atoms with Gasteiger partial charge in [0.25, 0.3) is 5.91 Å². The Bertz CT molecular complexity index is 462. The Morgan fingerprint density at radius 1 is 1.29 bits per heavy atom. The van der Waals surface area contributed by atoms with Crippen LogP contribution in [0.15, 0.2) is 18.3 Å². The number of pyridine rings is 1. The van der Waals surface area contributed by atoms with Gasteiger partial charge in [0.05, 0.1) is 5.56 Å². The lowest BCUT2D eigenvalue weighted by atomic mass is 9.84. The fraction of sp³-hybridized carbons (Fsp3) is 0.571. The SMILES string of the molecule is CCC(CC)(CCl)CNC(=O)c1ccc(C(F)(F)F)cn1. The van der Waals surface area contributed by atoms with E-state index in [1.54, 1.807) is 0 Å². The summed E-state index contributed by atoms with van der Waals surface area (Å²) in [4.78, 5) is 15.5. The zero-order valence-corrected chi connectivity index (χ0v) is 12.7. The molecule has 0 bridgehead atoms. The third-order valence-corrected chi connectivity index (χ3v) is 4.30. The summed E-state index contributed by atoms with van der Waals surface area (Å²) in [5.74, 6) is -0.0964. The molecule has 7 heteroatoms. The summed E-state index contributed by atoms with van der Waals surface area (Å²) in [6.45, 7) is 4.33. The lowest BCUT2D eigenvalue weighted by Gasteiger charge is -2.29. The van der Waals surface area contributed by atoms with E-state index in [4.69, 9.17) is 11.6 Å². The smallest absolute Gasteiger partial charge is 0.350 e. The lowest BCUT2D eigenvalue weighted by molar-refractivity contribution is -0.137. The Hall–Kier alpha value is -1.30. The second-order valence-corrected chi connectivity index (χ2v) is 5.22. The van der Waals surface area contributed by atoms with Crippen molar-refractivity contribution in [3.63, 3.8) is 0 Å². The molecule has 1 aromatic rings. The van der Waals surface area contributed by atoms with E-state index in [0.717, 1.165) is 25.0 Å². The average Bonchev–Trinajstić information content (AvgIpc) is 2.48. The van der Waals surface area contributed by atoms with Crippen LogP contribution in [0.4, 0.5) is 13.2 Å². The van der Waals surface area contributed by atoms with Crippen molar-refractivity contribution in [2.24, 2.45) is 5.41 Å². The maximum Gasteiger partial charge on any atom is 0.417 e. The van der Waals surface area contributed by atoms with E-state index in [1.807, 2.05) is 13.8 Å². The van der Waals surface area contributed by atoms with Crippen molar-refractivity contribution in [1.82, 2.24) is 10.3 Å². The molecule has 1 aromatic heterocycles. The van der Waals surface area contributed by atoms with Gasteiger partial charge >= 0.3 is 6.18 Å². The zero-order valence-electron chi connectivity index (χ0n) is 11.9. The Kier molecular flexibility index (Phi) is 6.01. The van der Waals surface area contributed by atoms with E-state index in [-0.39, 0.29) is 11.1 Å². The minimum absolute atomic E-state index is 0.0429. The molecule has 118 valence electrons. The minimum atomic E-state index is -4.46. The molecule has 21 heavy (non-hydrogen) atoms. The van der Waals surface area contributed by atoms with Crippen LogP contribution in [-0.4, -0.2) is 23.3 Å². The van der Waals surface area contributed by atoms with Crippen LogP contribution in [0.5, 0.6) is 0 Å². The van der Waals surface area contributed by atoms with Crippen LogP contribution >= 0.6 is 11.6 Å². The van der Waals surface area contributed by atoms with Crippen molar-refractivity contribution in [2.45, 2.75) is 32.9 Å². The number of rotatable bonds is 6. The van der Waals surface area contributed by atoms with Gasteiger partial charge in [-0.3, -0.25) is 9.78 Å². The van der Waals surface area contributed by atoms with E-state index in [0.29, 0.717) is 18.6 Å². The Morgan fingerprint density at radius 2 is 1.90 bits per heavy atom. The van der Waals surface area contributed by atoms with Gasteiger partial charge in [0.1, 0.15) is 5.69 Å². The first-order chi connectivity index (χ1) is 9.78. The fourth-order valence-electron chi connectivity index (χ4n) is 1.79. The number of hydrogen-bond acceptors (Lipinski definition) is 2. The Labute approximate surface area is 126 Å². The summed E-state index contributed by atoms with van der Waals surface area (Å²) >= 11 is 5.93. The largest absolute Gasteiger partial charge is 0.417 e. The highest BCUT2D eigenvalue weighted by molar-refractivity contribution is 6.18. The third-order valence-electron chi connectivity index (χ3n) is 3.73. The summed E-state index contributed by atoms with van der Waals surface area (Å²) in [6, 6.07) is 1.91. The maximum atomic E-state index is 12.4. The normalized spacial score (nSPS) is 12.3. The summed E-state index contributed by atoms with van der Waals surface area (Å²) in [5.41, 5.74) is -1.13. The topological polar surface area (TPSA) is 42.0 Å². The summed E-state index contributed by atoms with van der Waals surface area (Å²) < 4.78 is 37.2. The summed E-state index contributed by atoms with van der Waals surface area (Å²) in [5, 5.41) is 2.68. The standard InChI is InChI=1S/C14H18ClF3N2O/c1-3-13(4-2,8-15)9-20-12(21)11-6-5-10(7-19-11)14(16,17)18/h5-7H,3-4,8-9H2,1-2H3,(H,20,21). The molecule has 0 saturated carbocycles. The van der Waals surface area contributed by atoms with Crippen LogP contribution in [0.3, 0.4) is 0 Å². The van der Waals surface area contributed by atoms with Crippen LogP contribution in [0.25, 0.3) is 0 Å². The van der Waals surface area contributed by atoms with Crippen molar-refractivity contribution in [1.29, 1.82) is 0 Å². The van der Waals surface area contributed by atoms with Gasteiger partial charge in [-0.15, -0.1) is 11.6 Å². The molecule has 3 nitrogen and oxygen atoms in total. The van der Waals surface area contributed by atoms with Gasteiger partial charge in [-0.1, -0.05) is 13.8 Å². The van der Waals surface area contributed by atoms with Crippen molar-refractivity contribution in [2.75, 3.05) is 12.4 Å². The summed E-state index contributed by atoms with van der Waals surface area (Å²) in [6.07, 6.45) is -2.20. The number of halogens is 4. The van der Waals surface area contributed by atoms with Crippen LogP contribution < -0.4 is 5.32 Å². The van der Waals surface area contributed by atoms with E-state index >= 15 is 0 Å². The number of nitrogens with one attached hydrogen (secondary N) is 1. The second kappa shape index (κ2) is 7.11. The lowest BCUT2D eigenvalue weighted by Crippen LogP contribution is -2.38. The van der Waals surface area contributed by atoms with E-state index in [2.05, 4.69) is 10.3 Å². The van der Waals surface area contributed by atoms with Crippen molar-refractivity contribution < 1.29 is 18.0 Å². The fourth-order valence-corrected chi connectivity index (χ4v) is 2.26. The minimum Gasteiger partial charge on any atom is -0.350 e. The molecule has 1 rings (SSSR count). The predicted octanol–water partition coefficient (Wildman–Crippen LogP) is 3.88. The predicted molar refractivity (Wildman–Crippen MR) is 75.3 cm³/mol. The zero-order chi connectivity index (χ0) is 16.1. The van der Waals surface area contributed by atoms with E-state index in [9.17, 15) is 18.0 Å². The Balaban J connectivity index is 2.72. The molecule has 0 aliphatic rings. The van der Waals surface area contributed by atoms with E-state index < -0.39 is 17.6 Å². The molecule has 0 aliphatic carbocycles. The first-order valence-corrected chi connectivity index (χ1v) is 7.19. The molecule has 1 amide bonds. The molecule has 0 aromatic carbocycles. The van der Waals surface area contributed by atoms with Gasteiger partial charge < -0.3 is 5.32 Å². The Morgan fingerprint density at radius 3 is 2.29 bits per heavy atom. The van der Waals surface area contributed by atoms with Crippen molar-refractivity contribution in [3.05, 3.63) is 29.6 Å². The van der Waals surface area contributed by atoms with Crippen molar-refractivity contribution >= 4 is 17.5 Å². The highest BCUT2D eigenvalue weighted by atomic mass is 35.5. The first kappa shape index (κ1) is 17.8. The van der Waals surface area contributed by atoms with Gasteiger partial charge in [-0.25, -0.2) is 0 Å². The number of hydrogen-bond donors (Lipinski definition) is 1. The highest BCUT2D eigenvalue weighted by Gasteiger charge is 2.31. The maximum absolute atomic E-state index is 12.4. The molecule has 0 fully saturated rings. The van der Waals surface area contributed by atoms with Crippen molar-refractivity contribution in [3.8, 4) is 0 Å². The molecule has 0 radical (unpaired) electrons. The van der Waals surface area contributed by atoms with Gasteiger partial charge in [-0.05, 0) is 25.0 Å². The molecule has 0 unspecified atom stereocenters. The van der Waals surface area contributed by atoms with Crippen LogP contribution in [0.1, 0.15) is 42.7 Å². The number of aromatic nitrogens is 1. The summed E-state index contributed by atoms with van der Waals surface area (Å²) in [7, 11) is 0. The van der Waals surface area contributed by atoms with Gasteiger partial charge in [0.15, 0.2) is 0 Å². The van der Waals surface area contributed by atoms with E-state index in [1.165, 1.54) is 0 Å². The molecule has 1 heterocycles. The number of amides is 1. The number of carbonyl (C=O) groups excluding carboxylic acids is 1. The highest BCUT2D eigenvalue weighted by Crippen LogP contribution is 2.29. The third kappa shape index (κ3) is 4.59. The number of carbonyl (C=O) groups is 1. The molecule has 0 aliphatic heterocycles. The van der Waals surface area contributed by atoms with Crippen LogP contribution in [-0.2, 0) is 6.18 Å². The van der Waals surface area contributed by atoms with Crippen LogP contribution in [0, 0.1) is 5.41 Å². The number of alkyl halides is 4. The quantitative estimate of drug-likeness (QED) is 0.808. The molecular weight excluding hydrogens is 305 g/mol. The van der Waals surface area contributed by atoms with Gasteiger partial charge in [0.2, 0.25) is 0 Å². The average molecular weight is 323 g/mol. The molecule has 0 spiro atoms. The van der Waals surface area contributed by atoms with Gasteiger partial charge in [-0.2, -0.15) is 13.2 Å². The monoisotopic (exact) mass is 322 g/mol.